The number of halogens is 1. The molecule has 3 aromatic carbocycles. The van der Waals surface area contributed by atoms with Crippen LogP contribution in [0.15, 0.2) is 78.5 Å². The van der Waals surface area contributed by atoms with Crippen LogP contribution in [0.1, 0.15) is 16.7 Å². The number of hydrogen-bond donors (Lipinski definition) is 1. The van der Waals surface area contributed by atoms with Crippen LogP contribution in [0.5, 0.6) is 5.75 Å². The topological polar surface area (TPSA) is 58.6 Å². The molecule has 156 valence electrons. The van der Waals surface area contributed by atoms with Crippen molar-refractivity contribution in [3.05, 3.63) is 101 Å². The van der Waals surface area contributed by atoms with Crippen molar-refractivity contribution in [1.29, 1.82) is 0 Å². The molecule has 0 bridgehead atoms. The monoisotopic (exact) mass is 416 g/mol. The molecule has 0 aromatic heterocycles. The molecule has 2 amide bonds. The van der Waals surface area contributed by atoms with Gasteiger partial charge in [-0.3, -0.25) is 14.5 Å². The standard InChI is InChI=1S/C25H21FN2O3/c1-16-3-7-18(8-4-16)22-23(27-20-11-9-19(26)10-12-20)25(30)28(24(22)29)15-17-5-13-21(31-2)14-6-17/h3-14,27H,15H2,1-2H3. The van der Waals surface area contributed by atoms with Crippen LogP contribution in [-0.4, -0.2) is 23.8 Å². The van der Waals surface area contributed by atoms with E-state index in [1.807, 2.05) is 43.3 Å². The van der Waals surface area contributed by atoms with Crippen molar-refractivity contribution in [2.45, 2.75) is 13.5 Å². The number of anilines is 1. The highest BCUT2D eigenvalue weighted by atomic mass is 19.1. The average Bonchev–Trinajstić information content (AvgIpc) is 3.01. The fourth-order valence-corrected chi connectivity index (χ4v) is 3.41. The highest BCUT2D eigenvalue weighted by molar-refractivity contribution is 6.36. The van der Waals surface area contributed by atoms with Crippen molar-refractivity contribution in [2.24, 2.45) is 0 Å². The van der Waals surface area contributed by atoms with Gasteiger partial charge in [0.05, 0.1) is 19.2 Å². The lowest BCUT2D eigenvalue weighted by Gasteiger charge is -2.16. The first-order valence-corrected chi connectivity index (χ1v) is 9.79. The molecule has 1 aliphatic rings. The van der Waals surface area contributed by atoms with Crippen LogP contribution < -0.4 is 10.1 Å². The number of amides is 2. The maximum absolute atomic E-state index is 13.3. The summed E-state index contributed by atoms with van der Waals surface area (Å²) in [5.74, 6) is -0.497. The second kappa shape index (κ2) is 8.44. The number of hydrogen-bond acceptors (Lipinski definition) is 4. The summed E-state index contributed by atoms with van der Waals surface area (Å²) in [7, 11) is 1.58. The molecular formula is C25H21FN2O3. The third-order valence-corrected chi connectivity index (χ3v) is 5.12. The molecular weight excluding hydrogens is 395 g/mol. The van der Waals surface area contributed by atoms with Gasteiger partial charge in [-0.1, -0.05) is 42.0 Å². The third-order valence-electron chi connectivity index (χ3n) is 5.12. The van der Waals surface area contributed by atoms with E-state index in [-0.39, 0.29) is 24.0 Å². The molecule has 4 rings (SSSR count). The summed E-state index contributed by atoms with van der Waals surface area (Å²) in [6.45, 7) is 2.08. The molecule has 1 N–H and O–H groups in total. The Morgan fingerprint density at radius 2 is 1.52 bits per heavy atom. The van der Waals surface area contributed by atoms with Gasteiger partial charge in [0.1, 0.15) is 17.3 Å². The second-order valence-corrected chi connectivity index (χ2v) is 7.29. The Kier molecular flexibility index (Phi) is 5.54. The van der Waals surface area contributed by atoms with E-state index < -0.39 is 5.91 Å². The number of rotatable bonds is 6. The number of nitrogens with one attached hydrogen (secondary N) is 1. The summed E-state index contributed by atoms with van der Waals surface area (Å²) in [5, 5.41) is 3.03. The van der Waals surface area contributed by atoms with Gasteiger partial charge in [0.2, 0.25) is 0 Å². The van der Waals surface area contributed by atoms with Crippen molar-refractivity contribution in [1.82, 2.24) is 4.90 Å². The van der Waals surface area contributed by atoms with Gasteiger partial charge < -0.3 is 10.1 Å². The van der Waals surface area contributed by atoms with E-state index in [2.05, 4.69) is 5.32 Å². The number of nitrogens with zero attached hydrogens (tertiary/aromatic N) is 1. The third kappa shape index (κ3) is 4.19. The van der Waals surface area contributed by atoms with Crippen LogP contribution in [0.4, 0.5) is 10.1 Å². The Balaban J connectivity index is 1.70. The van der Waals surface area contributed by atoms with Gasteiger partial charge in [0.25, 0.3) is 11.8 Å². The number of carbonyl (C=O) groups is 2. The zero-order valence-corrected chi connectivity index (χ0v) is 17.2. The van der Waals surface area contributed by atoms with Crippen LogP contribution in [0.25, 0.3) is 5.57 Å². The zero-order valence-electron chi connectivity index (χ0n) is 17.2. The van der Waals surface area contributed by atoms with Crippen molar-refractivity contribution < 1.29 is 18.7 Å². The van der Waals surface area contributed by atoms with E-state index in [0.29, 0.717) is 22.6 Å². The van der Waals surface area contributed by atoms with Crippen LogP contribution in [0.2, 0.25) is 0 Å². The highest BCUT2D eigenvalue weighted by Crippen LogP contribution is 2.32. The number of benzene rings is 3. The summed E-state index contributed by atoms with van der Waals surface area (Å²) < 4.78 is 18.5. The minimum absolute atomic E-state index is 0.131. The molecule has 0 unspecified atom stereocenters. The van der Waals surface area contributed by atoms with E-state index in [4.69, 9.17) is 4.74 Å². The van der Waals surface area contributed by atoms with E-state index in [0.717, 1.165) is 11.1 Å². The van der Waals surface area contributed by atoms with E-state index in [9.17, 15) is 14.0 Å². The number of methoxy groups -OCH3 is 1. The SMILES string of the molecule is COc1ccc(CN2C(=O)C(Nc3ccc(F)cc3)=C(c3ccc(C)cc3)C2=O)cc1. The molecule has 1 aliphatic heterocycles. The summed E-state index contributed by atoms with van der Waals surface area (Å²) >= 11 is 0. The minimum atomic E-state index is -0.430. The maximum atomic E-state index is 13.3. The fraction of sp³-hybridized carbons (Fsp3) is 0.120. The lowest BCUT2D eigenvalue weighted by molar-refractivity contribution is -0.137. The first-order chi connectivity index (χ1) is 15.0. The second-order valence-electron chi connectivity index (χ2n) is 7.29. The predicted octanol–water partition coefficient (Wildman–Crippen LogP) is 4.53. The van der Waals surface area contributed by atoms with Crippen molar-refractivity contribution in [2.75, 3.05) is 12.4 Å². The average molecular weight is 416 g/mol. The Morgan fingerprint density at radius 1 is 0.871 bits per heavy atom. The largest absolute Gasteiger partial charge is 0.497 e. The molecule has 0 spiro atoms. The van der Waals surface area contributed by atoms with Crippen LogP contribution in [-0.2, 0) is 16.1 Å². The number of aryl methyl sites for hydroxylation is 1. The zero-order chi connectivity index (χ0) is 22.0. The van der Waals surface area contributed by atoms with Gasteiger partial charge in [-0.25, -0.2) is 4.39 Å². The Hall–Kier alpha value is -3.93. The van der Waals surface area contributed by atoms with Crippen LogP contribution >= 0.6 is 0 Å². The van der Waals surface area contributed by atoms with Crippen molar-refractivity contribution in [3.63, 3.8) is 0 Å². The summed E-state index contributed by atoms with van der Waals surface area (Å²) in [4.78, 5) is 27.8. The van der Waals surface area contributed by atoms with E-state index >= 15 is 0 Å². The van der Waals surface area contributed by atoms with Gasteiger partial charge in [-0.05, 0) is 54.4 Å². The molecule has 0 aliphatic carbocycles. The maximum Gasteiger partial charge on any atom is 0.278 e. The fourth-order valence-electron chi connectivity index (χ4n) is 3.41. The molecule has 31 heavy (non-hydrogen) atoms. The molecule has 5 nitrogen and oxygen atoms in total. The van der Waals surface area contributed by atoms with Gasteiger partial charge in [-0.15, -0.1) is 0 Å². The van der Waals surface area contributed by atoms with E-state index in [1.165, 1.54) is 29.2 Å². The molecule has 0 fully saturated rings. The van der Waals surface area contributed by atoms with Gasteiger partial charge >= 0.3 is 0 Å². The summed E-state index contributed by atoms with van der Waals surface area (Å²) in [6, 6.07) is 20.3. The van der Waals surface area contributed by atoms with Gasteiger partial charge in [-0.2, -0.15) is 0 Å². The molecule has 1 heterocycles. The highest BCUT2D eigenvalue weighted by Gasteiger charge is 2.39. The van der Waals surface area contributed by atoms with Gasteiger partial charge in [0.15, 0.2) is 0 Å². The first kappa shape index (κ1) is 20.3. The Labute approximate surface area is 179 Å². The quantitative estimate of drug-likeness (QED) is 0.600. The van der Waals surface area contributed by atoms with Crippen LogP contribution in [0.3, 0.4) is 0 Å². The lowest BCUT2D eigenvalue weighted by atomic mass is 10.0. The lowest BCUT2D eigenvalue weighted by Crippen LogP contribution is -2.32. The smallest absolute Gasteiger partial charge is 0.278 e. The predicted molar refractivity (Wildman–Crippen MR) is 117 cm³/mol. The van der Waals surface area contributed by atoms with Crippen molar-refractivity contribution in [3.8, 4) is 5.75 Å². The molecule has 0 atom stereocenters. The van der Waals surface area contributed by atoms with Gasteiger partial charge in [0, 0.05) is 5.69 Å². The Bertz CT molecular complexity index is 1150. The summed E-state index contributed by atoms with van der Waals surface area (Å²) in [6.07, 6.45) is 0. The Morgan fingerprint density at radius 3 is 2.13 bits per heavy atom. The van der Waals surface area contributed by atoms with E-state index in [1.54, 1.807) is 19.2 Å². The number of carbonyl (C=O) groups excluding carboxylic acids is 2. The normalized spacial score (nSPS) is 13.7. The molecule has 0 radical (unpaired) electrons. The molecule has 3 aromatic rings. The molecule has 6 heteroatoms. The molecule has 0 saturated heterocycles. The minimum Gasteiger partial charge on any atom is -0.497 e. The number of ether oxygens (including phenoxy) is 1. The summed E-state index contributed by atoms with van der Waals surface area (Å²) in [5.41, 5.74) is 3.48. The number of imide groups is 1. The van der Waals surface area contributed by atoms with Crippen molar-refractivity contribution >= 4 is 23.1 Å². The molecule has 0 saturated carbocycles. The first-order valence-electron chi connectivity index (χ1n) is 9.79. The van der Waals surface area contributed by atoms with Crippen LogP contribution in [0, 0.1) is 12.7 Å².